The maximum Gasteiger partial charge on any atom is 0.229 e. The summed E-state index contributed by atoms with van der Waals surface area (Å²) in [5.41, 5.74) is 2.33. The Bertz CT molecular complexity index is 870. The van der Waals surface area contributed by atoms with E-state index in [2.05, 4.69) is 26.7 Å². The fraction of sp³-hybridized carbons (Fsp3) is 0.105. The summed E-state index contributed by atoms with van der Waals surface area (Å²) in [5, 5.41) is 15.2. The minimum absolute atomic E-state index is 0.473. The van der Waals surface area contributed by atoms with Crippen molar-refractivity contribution in [2.75, 3.05) is 17.2 Å². The molecule has 0 saturated carbocycles. The highest BCUT2D eigenvalue weighted by Crippen LogP contribution is 2.20. The minimum Gasteiger partial charge on any atom is -0.494 e. The predicted molar refractivity (Wildman–Crippen MR) is 97.4 cm³/mol. The van der Waals surface area contributed by atoms with Crippen LogP contribution in [0, 0.1) is 11.3 Å². The number of aromatic nitrogens is 2. The van der Waals surface area contributed by atoms with Crippen LogP contribution in [-0.2, 0) is 0 Å². The van der Waals surface area contributed by atoms with Gasteiger partial charge in [0, 0.05) is 17.6 Å². The van der Waals surface area contributed by atoms with E-state index < -0.39 is 0 Å². The van der Waals surface area contributed by atoms with Gasteiger partial charge in [0.25, 0.3) is 0 Å². The first-order chi connectivity index (χ1) is 12.3. The minimum atomic E-state index is 0.473. The van der Waals surface area contributed by atoms with Crippen LogP contribution >= 0.6 is 0 Å². The normalized spacial score (nSPS) is 9.92. The van der Waals surface area contributed by atoms with Crippen LogP contribution in [0.15, 0.2) is 60.8 Å². The second-order valence-corrected chi connectivity index (χ2v) is 5.16. The SMILES string of the molecule is CCOc1ccc(Nc2ccnc(Nc3ccc(C#N)cc3)n2)cc1. The molecule has 3 rings (SSSR count). The molecule has 0 fully saturated rings. The van der Waals surface area contributed by atoms with Gasteiger partial charge in [-0.2, -0.15) is 10.2 Å². The van der Waals surface area contributed by atoms with Crippen LogP contribution < -0.4 is 15.4 Å². The topological polar surface area (TPSA) is 82.9 Å². The van der Waals surface area contributed by atoms with E-state index in [-0.39, 0.29) is 0 Å². The molecule has 0 aliphatic carbocycles. The summed E-state index contributed by atoms with van der Waals surface area (Å²) in [5.74, 6) is 1.98. The van der Waals surface area contributed by atoms with E-state index >= 15 is 0 Å². The maximum atomic E-state index is 8.83. The maximum absolute atomic E-state index is 8.83. The molecule has 6 nitrogen and oxygen atoms in total. The Morgan fingerprint density at radius 2 is 1.64 bits per heavy atom. The molecule has 25 heavy (non-hydrogen) atoms. The van der Waals surface area contributed by atoms with Gasteiger partial charge in [-0.05, 0) is 61.5 Å². The average Bonchev–Trinajstić information content (AvgIpc) is 2.65. The first-order valence-corrected chi connectivity index (χ1v) is 7.87. The van der Waals surface area contributed by atoms with Crippen LogP contribution in [-0.4, -0.2) is 16.6 Å². The summed E-state index contributed by atoms with van der Waals surface area (Å²) in [6.07, 6.45) is 1.68. The largest absolute Gasteiger partial charge is 0.494 e. The van der Waals surface area contributed by atoms with E-state index in [0.717, 1.165) is 17.1 Å². The van der Waals surface area contributed by atoms with Crippen molar-refractivity contribution in [1.82, 2.24) is 9.97 Å². The third kappa shape index (κ3) is 4.45. The molecule has 2 N–H and O–H groups in total. The highest BCUT2D eigenvalue weighted by molar-refractivity contribution is 5.60. The van der Waals surface area contributed by atoms with Gasteiger partial charge in [-0.25, -0.2) is 4.98 Å². The molecule has 0 unspecified atom stereocenters. The molecular formula is C19H17N5O. The quantitative estimate of drug-likeness (QED) is 0.703. The molecule has 0 spiro atoms. The molecule has 1 heterocycles. The zero-order chi connectivity index (χ0) is 17.5. The number of anilines is 4. The summed E-state index contributed by atoms with van der Waals surface area (Å²) >= 11 is 0. The molecule has 0 saturated heterocycles. The number of nitrogens with one attached hydrogen (secondary N) is 2. The third-order valence-electron chi connectivity index (χ3n) is 3.36. The first kappa shape index (κ1) is 16.3. The van der Waals surface area contributed by atoms with Crippen molar-refractivity contribution < 1.29 is 4.74 Å². The van der Waals surface area contributed by atoms with Gasteiger partial charge < -0.3 is 15.4 Å². The van der Waals surface area contributed by atoms with Gasteiger partial charge in [0.2, 0.25) is 5.95 Å². The second kappa shape index (κ2) is 7.79. The highest BCUT2D eigenvalue weighted by Gasteiger charge is 2.02. The molecule has 6 heteroatoms. The van der Waals surface area contributed by atoms with E-state index in [9.17, 15) is 0 Å². The number of hydrogen-bond acceptors (Lipinski definition) is 6. The van der Waals surface area contributed by atoms with Crippen molar-refractivity contribution in [2.24, 2.45) is 0 Å². The lowest BCUT2D eigenvalue weighted by atomic mass is 10.2. The van der Waals surface area contributed by atoms with Crippen LogP contribution in [0.4, 0.5) is 23.1 Å². The number of hydrogen-bond donors (Lipinski definition) is 2. The van der Waals surface area contributed by atoms with Crippen molar-refractivity contribution in [3.05, 3.63) is 66.4 Å². The fourth-order valence-corrected chi connectivity index (χ4v) is 2.19. The molecule has 2 aromatic carbocycles. The zero-order valence-electron chi connectivity index (χ0n) is 13.7. The first-order valence-electron chi connectivity index (χ1n) is 7.87. The summed E-state index contributed by atoms with van der Waals surface area (Å²) in [4.78, 5) is 8.65. The van der Waals surface area contributed by atoms with E-state index in [0.29, 0.717) is 23.9 Å². The monoisotopic (exact) mass is 331 g/mol. The molecule has 1 aromatic heterocycles. The number of nitrogens with zero attached hydrogens (tertiary/aromatic N) is 3. The van der Waals surface area contributed by atoms with Gasteiger partial charge in [0.1, 0.15) is 11.6 Å². The molecule has 0 radical (unpaired) electrons. The van der Waals surface area contributed by atoms with Gasteiger partial charge in [-0.1, -0.05) is 0 Å². The Kier molecular flexibility index (Phi) is 5.07. The Hall–Kier alpha value is -3.59. The lowest BCUT2D eigenvalue weighted by Crippen LogP contribution is -2.00. The second-order valence-electron chi connectivity index (χ2n) is 5.16. The van der Waals surface area contributed by atoms with E-state index in [1.165, 1.54) is 0 Å². The van der Waals surface area contributed by atoms with Gasteiger partial charge in [-0.15, -0.1) is 0 Å². The van der Waals surface area contributed by atoms with Crippen LogP contribution in [0.2, 0.25) is 0 Å². The Morgan fingerprint density at radius 3 is 2.32 bits per heavy atom. The van der Waals surface area contributed by atoms with E-state index in [1.54, 1.807) is 24.4 Å². The van der Waals surface area contributed by atoms with E-state index in [4.69, 9.17) is 10.00 Å². The lowest BCUT2D eigenvalue weighted by Gasteiger charge is -2.09. The zero-order valence-corrected chi connectivity index (χ0v) is 13.7. The molecule has 0 aliphatic heterocycles. The van der Waals surface area contributed by atoms with Crippen LogP contribution in [0.5, 0.6) is 5.75 Å². The lowest BCUT2D eigenvalue weighted by molar-refractivity contribution is 0.340. The fourth-order valence-electron chi connectivity index (χ4n) is 2.19. The Labute approximate surface area is 146 Å². The van der Waals surface area contributed by atoms with Gasteiger partial charge in [0.15, 0.2) is 0 Å². The Balaban J connectivity index is 1.69. The smallest absolute Gasteiger partial charge is 0.229 e. The molecule has 3 aromatic rings. The number of benzene rings is 2. The number of ether oxygens (including phenoxy) is 1. The van der Waals surface area contributed by atoms with Crippen LogP contribution in [0.1, 0.15) is 12.5 Å². The number of nitriles is 1. The molecular weight excluding hydrogens is 314 g/mol. The summed E-state index contributed by atoms with van der Waals surface area (Å²) < 4.78 is 5.43. The van der Waals surface area contributed by atoms with Crippen molar-refractivity contribution >= 4 is 23.1 Å². The molecule has 0 amide bonds. The number of rotatable bonds is 6. The van der Waals surface area contributed by atoms with Gasteiger partial charge >= 0.3 is 0 Å². The summed E-state index contributed by atoms with van der Waals surface area (Å²) in [7, 11) is 0. The molecule has 124 valence electrons. The van der Waals surface area contributed by atoms with Crippen LogP contribution in [0.25, 0.3) is 0 Å². The van der Waals surface area contributed by atoms with Crippen molar-refractivity contribution in [3.8, 4) is 11.8 Å². The highest BCUT2D eigenvalue weighted by atomic mass is 16.5. The van der Waals surface area contributed by atoms with Crippen molar-refractivity contribution in [2.45, 2.75) is 6.92 Å². The van der Waals surface area contributed by atoms with Gasteiger partial charge in [-0.3, -0.25) is 0 Å². The molecule has 0 bridgehead atoms. The average molecular weight is 331 g/mol. The van der Waals surface area contributed by atoms with Crippen LogP contribution in [0.3, 0.4) is 0 Å². The molecule has 0 atom stereocenters. The van der Waals surface area contributed by atoms with E-state index in [1.807, 2.05) is 43.3 Å². The third-order valence-corrected chi connectivity index (χ3v) is 3.36. The predicted octanol–water partition coefficient (Wildman–Crippen LogP) is 4.23. The summed E-state index contributed by atoms with van der Waals surface area (Å²) in [6.45, 7) is 2.60. The Morgan fingerprint density at radius 1 is 0.960 bits per heavy atom. The van der Waals surface area contributed by atoms with Gasteiger partial charge in [0.05, 0.1) is 18.2 Å². The van der Waals surface area contributed by atoms with Crippen molar-refractivity contribution in [1.29, 1.82) is 5.26 Å². The summed E-state index contributed by atoms with van der Waals surface area (Å²) in [6, 6.07) is 18.7. The standard InChI is InChI=1S/C19H17N5O/c1-2-25-17-9-7-15(8-10-17)22-18-11-12-21-19(24-18)23-16-5-3-14(13-20)4-6-16/h3-12H,2H2,1H3,(H2,21,22,23,24). The van der Waals surface area contributed by atoms with Crippen molar-refractivity contribution in [3.63, 3.8) is 0 Å². The molecule has 0 aliphatic rings.